The second-order valence-corrected chi connectivity index (χ2v) is 6.50. The van der Waals surface area contributed by atoms with Gasteiger partial charge in [0.1, 0.15) is 0 Å². The van der Waals surface area contributed by atoms with E-state index in [1.54, 1.807) is 0 Å². The van der Waals surface area contributed by atoms with E-state index in [4.69, 9.17) is 17.3 Å². The monoisotopic (exact) mass is 364 g/mol. The van der Waals surface area contributed by atoms with Crippen LogP contribution in [0.5, 0.6) is 0 Å². The number of hydrogen-bond donors (Lipinski definition) is 2. The zero-order chi connectivity index (χ0) is 15.0. The lowest BCUT2D eigenvalue weighted by Crippen LogP contribution is -2.20. The molecule has 5 heteroatoms. The molecule has 0 aromatic heterocycles. The molecule has 0 saturated heterocycles. The van der Waals surface area contributed by atoms with Gasteiger partial charge in [0.2, 0.25) is 5.91 Å². The molecule has 2 aromatic rings. The third kappa shape index (κ3) is 3.12. The summed E-state index contributed by atoms with van der Waals surface area (Å²) in [5.74, 6) is 0.0679. The fourth-order valence-corrected chi connectivity index (χ4v) is 3.43. The van der Waals surface area contributed by atoms with Crippen LogP contribution < -0.4 is 11.1 Å². The number of anilines is 1. The van der Waals surface area contributed by atoms with Crippen LogP contribution in [-0.4, -0.2) is 5.91 Å². The van der Waals surface area contributed by atoms with Crippen molar-refractivity contribution in [3.05, 3.63) is 62.6 Å². The van der Waals surface area contributed by atoms with E-state index in [-0.39, 0.29) is 11.9 Å². The van der Waals surface area contributed by atoms with Gasteiger partial charge in [-0.05, 0) is 47.4 Å². The normalized spacial score (nSPS) is 15.3. The molecule has 0 bridgehead atoms. The molecule has 3 rings (SSSR count). The molecule has 0 fully saturated rings. The first-order chi connectivity index (χ1) is 10.0. The highest BCUT2D eigenvalue weighted by Crippen LogP contribution is 2.30. The molecule has 3 nitrogen and oxygen atoms in total. The van der Waals surface area contributed by atoms with Crippen LogP contribution in [0.2, 0.25) is 5.02 Å². The number of amides is 1. The topological polar surface area (TPSA) is 55.1 Å². The minimum absolute atomic E-state index is 0.0679. The number of nitrogens with one attached hydrogen (secondary N) is 1. The number of nitrogens with two attached hydrogens (primary N) is 1. The van der Waals surface area contributed by atoms with Crippen molar-refractivity contribution in [2.75, 3.05) is 5.32 Å². The maximum atomic E-state index is 11.4. The van der Waals surface area contributed by atoms with E-state index in [1.165, 1.54) is 0 Å². The van der Waals surface area contributed by atoms with Crippen LogP contribution in [0.25, 0.3) is 0 Å². The largest absolute Gasteiger partial charge is 0.326 e. The zero-order valence-corrected chi connectivity index (χ0v) is 13.5. The van der Waals surface area contributed by atoms with Gasteiger partial charge in [-0.3, -0.25) is 4.79 Å². The lowest BCUT2D eigenvalue weighted by Gasteiger charge is -2.20. The van der Waals surface area contributed by atoms with Crippen LogP contribution in [0.4, 0.5) is 5.69 Å². The van der Waals surface area contributed by atoms with Gasteiger partial charge >= 0.3 is 0 Å². The van der Waals surface area contributed by atoms with Gasteiger partial charge < -0.3 is 11.1 Å². The Balaban J connectivity index is 1.94. The van der Waals surface area contributed by atoms with Gasteiger partial charge in [0.05, 0.1) is 6.04 Å². The SMILES string of the molecule is NC(c1cc(Cl)cc(Br)c1)c1ccc2c(c1)CCC(=O)N2. The first-order valence-electron chi connectivity index (χ1n) is 6.67. The number of benzene rings is 2. The summed E-state index contributed by atoms with van der Waals surface area (Å²) in [6.45, 7) is 0. The lowest BCUT2D eigenvalue weighted by molar-refractivity contribution is -0.116. The number of rotatable bonds is 2. The first kappa shape index (κ1) is 14.6. The summed E-state index contributed by atoms with van der Waals surface area (Å²) in [7, 11) is 0. The van der Waals surface area contributed by atoms with Crippen molar-refractivity contribution in [3.8, 4) is 0 Å². The molecule has 3 N–H and O–H groups in total. The summed E-state index contributed by atoms with van der Waals surface area (Å²) >= 11 is 9.51. The van der Waals surface area contributed by atoms with Crippen LogP contribution >= 0.6 is 27.5 Å². The van der Waals surface area contributed by atoms with Crippen molar-refractivity contribution in [1.29, 1.82) is 0 Å². The Bertz CT molecular complexity index is 697. The fraction of sp³-hybridized carbons (Fsp3) is 0.188. The summed E-state index contributed by atoms with van der Waals surface area (Å²) < 4.78 is 0.908. The number of fused-ring (bicyclic) bond motifs is 1. The van der Waals surface area contributed by atoms with Crippen molar-refractivity contribution in [2.24, 2.45) is 5.73 Å². The standard InChI is InChI=1S/C16H14BrClN2O/c17-12-6-11(7-13(18)8-12)16(19)10-1-3-14-9(5-10)2-4-15(21)20-14/h1,3,5-8,16H,2,4,19H2,(H,20,21). The van der Waals surface area contributed by atoms with Crippen LogP contribution in [-0.2, 0) is 11.2 Å². The highest BCUT2D eigenvalue weighted by Gasteiger charge is 2.17. The Hall–Kier alpha value is -1.36. The molecule has 21 heavy (non-hydrogen) atoms. The third-order valence-corrected chi connectivity index (χ3v) is 4.30. The van der Waals surface area contributed by atoms with Gasteiger partial charge in [-0.1, -0.05) is 39.7 Å². The van der Waals surface area contributed by atoms with Crippen LogP contribution in [0, 0.1) is 0 Å². The Kier molecular flexibility index (Phi) is 4.02. The molecule has 0 saturated carbocycles. The highest BCUT2D eigenvalue weighted by molar-refractivity contribution is 9.10. The van der Waals surface area contributed by atoms with E-state index in [1.807, 2.05) is 30.3 Å². The van der Waals surface area contributed by atoms with Crippen molar-refractivity contribution < 1.29 is 4.79 Å². The molecule has 1 aliphatic rings. The smallest absolute Gasteiger partial charge is 0.224 e. The zero-order valence-electron chi connectivity index (χ0n) is 11.2. The minimum Gasteiger partial charge on any atom is -0.326 e. The molecule has 1 amide bonds. The molecule has 1 unspecified atom stereocenters. The highest BCUT2D eigenvalue weighted by atomic mass is 79.9. The fourth-order valence-electron chi connectivity index (χ4n) is 2.54. The van der Waals surface area contributed by atoms with Crippen LogP contribution in [0.15, 0.2) is 40.9 Å². The van der Waals surface area contributed by atoms with Crippen LogP contribution in [0.3, 0.4) is 0 Å². The van der Waals surface area contributed by atoms with Crippen LogP contribution in [0.1, 0.15) is 29.2 Å². The Morgan fingerprint density at radius 3 is 2.71 bits per heavy atom. The summed E-state index contributed by atoms with van der Waals surface area (Å²) in [5.41, 5.74) is 10.3. The average Bonchev–Trinajstić information content (AvgIpc) is 2.45. The molecular weight excluding hydrogens is 352 g/mol. The predicted molar refractivity (Wildman–Crippen MR) is 88.6 cm³/mol. The van der Waals surface area contributed by atoms with Gasteiger partial charge in [-0.2, -0.15) is 0 Å². The summed E-state index contributed by atoms with van der Waals surface area (Å²) in [5, 5.41) is 3.53. The Labute approximate surface area is 136 Å². The van der Waals surface area contributed by atoms with Gasteiger partial charge in [-0.15, -0.1) is 0 Å². The van der Waals surface area contributed by atoms with Gasteiger partial charge in [-0.25, -0.2) is 0 Å². The maximum absolute atomic E-state index is 11.4. The maximum Gasteiger partial charge on any atom is 0.224 e. The quantitative estimate of drug-likeness (QED) is 0.844. The van der Waals surface area contributed by atoms with E-state index >= 15 is 0 Å². The first-order valence-corrected chi connectivity index (χ1v) is 7.84. The minimum atomic E-state index is -0.247. The van der Waals surface area contributed by atoms with E-state index in [0.717, 1.165) is 33.3 Å². The van der Waals surface area contributed by atoms with E-state index < -0.39 is 0 Å². The van der Waals surface area contributed by atoms with E-state index in [2.05, 4.69) is 27.3 Å². The molecule has 1 heterocycles. The molecular formula is C16H14BrClN2O. The second kappa shape index (κ2) is 5.79. The molecule has 1 atom stereocenters. The molecule has 0 radical (unpaired) electrons. The third-order valence-electron chi connectivity index (χ3n) is 3.63. The summed E-state index contributed by atoms with van der Waals surface area (Å²) in [4.78, 5) is 11.4. The number of carbonyl (C=O) groups is 1. The number of aryl methyl sites for hydroxylation is 1. The summed E-state index contributed by atoms with van der Waals surface area (Å²) in [6, 6.07) is 11.4. The number of hydrogen-bond acceptors (Lipinski definition) is 2. The Morgan fingerprint density at radius 2 is 1.95 bits per heavy atom. The number of carbonyl (C=O) groups excluding carboxylic acids is 1. The molecule has 0 aliphatic carbocycles. The predicted octanol–water partition coefficient (Wildman–Crippen LogP) is 4.04. The second-order valence-electron chi connectivity index (χ2n) is 5.15. The number of halogens is 2. The van der Waals surface area contributed by atoms with Crippen molar-refractivity contribution in [1.82, 2.24) is 0 Å². The van der Waals surface area contributed by atoms with Crippen molar-refractivity contribution in [3.63, 3.8) is 0 Å². The van der Waals surface area contributed by atoms with E-state index in [9.17, 15) is 4.79 Å². The molecule has 0 spiro atoms. The van der Waals surface area contributed by atoms with E-state index in [0.29, 0.717) is 11.4 Å². The lowest BCUT2D eigenvalue weighted by atomic mass is 9.94. The molecule has 2 aromatic carbocycles. The molecule has 108 valence electrons. The Morgan fingerprint density at radius 1 is 1.14 bits per heavy atom. The van der Waals surface area contributed by atoms with Crippen molar-refractivity contribution >= 4 is 39.1 Å². The van der Waals surface area contributed by atoms with Gasteiger partial charge in [0, 0.05) is 21.6 Å². The molecule has 1 aliphatic heterocycles. The van der Waals surface area contributed by atoms with Crippen molar-refractivity contribution in [2.45, 2.75) is 18.9 Å². The van der Waals surface area contributed by atoms with Gasteiger partial charge in [0.15, 0.2) is 0 Å². The van der Waals surface area contributed by atoms with Gasteiger partial charge in [0.25, 0.3) is 0 Å². The summed E-state index contributed by atoms with van der Waals surface area (Å²) in [6.07, 6.45) is 1.27. The average molecular weight is 366 g/mol.